The van der Waals surface area contributed by atoms with Gasteiger partial charge >= 0.3 is 6.03 Å². The highest BCUT2D eigenvalue weighted by molar-refractivity contribution is 7.89. The van der Waals surface area contributed by atoms with Gasteiger partial charge in [0.05, 0.1) is 17.2 Å². The van der Waals surface area contributed by atoms with Gasteiger partial charge in [0, 0.05) is 38.6 Å². The summed E-state index contributed by atoms with van der Waals surface area (Å²) in [6.45, 7) is 5.17. The first-order chi connectivity index (χ1) is 22.0. The van der Waals surface area contributed by atoms with Gasteiger partial charge in [-0.15, -0.1) is 0 Å². The number of carbonyl (C=O) groups excluding carboxylic acids is 2. The Morgan fingerprint density at radius 2 is 1.74 bits per heavy atom. The third-order valence-corrected chi connectivity index (χ3v) is 10.2. The molecule has 1 fully saturated rings. The Hall–Kier alpha value is -3.74. The molecule has 2 atom stereocenters. The van der Waals surface area contributed by atoms with Gasteiger partial charge in [-0.05, 0) is 66.1 Å². The van der Waals surface area contributed by atoms with Gasteiger partial charge in [0.2, 0.25) is 15.9 Å². The van der Waals surface area contributed by atoms with Crippen LogP contribution in [0.1, 0.15) is 51.5 Å². The third kappa shape index (κ3) is 9.17. The average Bonchev–Trinajstić information content (AvgIpc) is 3.58. The summed E-state index contributed by atoms with van der Waals surface area (Å²) in [6.07, 6.45) is 3.62. The quantitative estimate of drug-likeness (QED) is 0.142. The normalized spacial score (nSPS) is 15.0. The van der Waals surface area contributed by atoms with Crippen LogP contribution in [0.5, 0.6) is 0 Å². The van der Waals surface area contributed by atoms with Crippen LogP contribution in [-0.4, -0.2) is 79.5 Å². The predicted molar refractivity (Wildman–Crippen MR) is 178 cm³/mol. The van der Waals surface area contributed by atoms with Crippen molar-refractivity contribution in [2.75, 3.05) is 38.5 Å². The molecule has 46 heavy (non-hydrogen) atoms. The van der Waals surface area contributed by atoms with Crippen LogP contribution in [-0.2, 0) is 21.2 Å². The van der Waals surface area contributed by atoms with Crippen LogP contribution >= 0.6 is 0 Å². The third-order valence-electron chi connectivity index (χ3n) is 8.26. The summed E-state index contributed by atoms with van der Waals surface area (Å²) < 4.78 is 42.1. The predicted octanol–water partition coefficient (Wildman–Crippen LogP) is 4.27. The fourth-order valence-electron chi connectivity index (χ4n) is 5.76. The van der Waals surface area contributed by atoms with E-state index in [2.05, 4.69) is 10.6 Å². The average molecular weight is 656 g/mol. The first-order valence-electron chi connectivity index (χ1n) is 16.0. The highest BCUT2D eigenvalue weighted by Crippen LogP contribution is 2.25. The van der Waals surface area contributed by atoms with E-state index in [0.717, 1.165) is 41.3 Å². The van der Waals surface area contributed by atoms with E-state index in [0.29, 0.717) is 45.3 Å². The fourth-order valence-corrected chi connectivity index (χ4v) is 7.60. The monoisotopic (exact) mass is 655 g/mol. The van der Waals surface area contributed by atoms with Crippen molar-refractivity contribution in [2.24, 2.45) is 5.92 Å². The zero-order valence-corrected chi connectivity index (χ0v) is 27.4. The lowest BCUT2D eigenvalue weighted by atomic mass is 10.0. The highest BCUT2D eigenvalue weighted by Gasteiger charge is 2.32. The van der Waals surface area contributed by atoms with Crippen LogP contribution in [0.3, 0.4) is 0 Å². The number of carbonyl (C=O) groups is 2. The number of urea groups is 1. The van der Waals surface area contributed by atoms with Crippen molar-refractivity contribution in [1.82, 2.24) is 19.8 Å². The number of nitrogens with two attached hydrogens (primary N) is 1. The number of anilines is 1. The molecule has 5 N–H and O–H groups in total. The number of unbranched alkanes of at least 4 members (excludes halogenated alkanes) is 1. The van der Waals surface area contributed by atoms with Crippen LogP contribution in [0, 0.1) is 11.7 Å². The van der Waals surface area contributed by atoms with Crippen molar-refractivity contribution >= 4 is 38.4 Å². The van der Waals surface area contributed by atoms with Crippen LogP contribution in [0.2, 0.25) is 0 Å². The van der Waals surface area contributed by atoms with E-state index in [-0.39, 0.29) is 35.0 Å². The van der Waals surface area contributed by atoms with Gasteiger partial charge in [0.25, 0.3) is 0 Å². The Labute approximate surface area is 271 Å². The lowest BCUT2D eigenvalue weighted by molar-refractivity contribution is -0.122. The lowest BCUT2D eigenvalue weighted by Gasteiger charge is -2.31. The minimum atomic E-state index is -4.06. The number of aliphatic hydroxyl groups excluding tert-OH is 1. The Kier molecular flexibility index (Phi) is 12.4. The maximum atomic E-state index is 13.7. The molecule has 0 radical (unpaired) electrons. The number of benzene rings is 3. The summed E-state index contributed by atoms with van der Waals surface area (Å²) in [5.41, 5.74) is 6.31. The second-order valence-corrected chi connectivity index (χ2v) is 14.2. The molecular weight excluding hydrogens is 609 g/mol. The maximum Gasteiger partial charge on any atom is 0.318 e. The summed E-state index contributed by atoms with van der Waals surface area (Å²) in [4.78, 5) is 27.9. The Morgan fingerprint density at radius 3 is 2.41 bits per heavy atom. The van der Waals surface area contributed by atoms with E-state index in [9.17, 15) is 27.5 Å². The van der Waals surface area contributed by atoms with Crippen molar-refractivity contribution in [3.05, 3.63) is 72.0 Å². The standard InChI is InChI=1S/C34H46FN5O5S/c1-24(2)22-40(46(44,45)29-14-15-30(35)31(36)21-29)28(23-41)11-5-6-16-37-33(42)32(38-34(43)39-17-7-8-18-39)20-25-12-13-26-9-3-4-10-27(26)19-25/h3-4,9-10,12-15,19,21,24,28,32,41H,5-8,11,16-18,20,22-23,36H2,1-2H3,(H,37,42)(H,38,43)/t28-,32-/m0/s1. The first kappa shape index (κ1) is 35.1. The molecule has 3 aromatic rings. The zero-order chi connectivity index (χ0) is 33.3. The molecule has 0 bridgehead atoms. The van der Waals surface area contributed by atoms with Crippen molar-refractivity contribution in [2.45, 2.75) is 69.4 Å². The number of hydrogen-bond acceptors (Lipinski definition) is 6. The largest absolute Gasteiger partial charge is 0.396 e. The first-order valence-corrected chi connectivity index (χ1v) is 17.4. The number of halogens is 1. The molecule has 3 amide bonds. The van der Waals surface area contributed by atoms with Gasteiger partial charge < -0.3 is 26.4 Å². The molecule has 0 spiro atoms. The summed E-state index contributed by atoms with van der Waals surface area (Å²) in [5.74, 6) is -1.03. The highest BCUT2D eigenvalue weighted by atomic mass is 32.2. The number of hydrogen-bond donors (Lipinski definition) is 4. The topological polar surface area (TPSA) is 145 Å². The SMILES string of the molecule is CC(C)CN([C@H](CO)CCCCNC(=O)[C@H](Cc1ccc2ccccc2c1)NC(=O)N1CCCC1)S(=O)(=O)c1ccc(F)c(N)c1. The van der Waals surface area contributed by atoms with Crippen LogP contribution in [0.4, 0.5) is 14.9 Å². The molecule has 1 aliphatic heterocycles. The molecule has 12 heteroatoms. The molecular formula is C34H46FN5O5S. The lowest BCUT2D eigenvalue weighted by Crippen LogP contribution is -2.51. The molecule has 1 saturated heterocycles. The molecule has 0 unspecified atom stereocenters. The van der Waals surface area contributed by atoms with Crippen molar-refractivity contribution in [3.8, 4) is 0 Å². The summed E-state index contributed by atoms with van der Waals surface area (Å²) in [5, 5.41) is 18.2. The van der Waals surface area contributed by atoms with E-state index >= 15 is 0 Å². The van der Waals surface area contributed by atoms with Crippen molar-refractivity contribution in [1.29, 1.82) is 0 Å². The molecule has 0 saturated carbocycles. The summed E-state index contributed by atoms with van der Waals surface area (Å²) in [7, 11) is -4.06. The number of sulfonamides is 1. The Morgan fingerprint density at radius 1 is 1.02 bits per heavy atom. The number of likely N-dealkylation sites (tertiary alicyclic amines) is 1. The van der Waals surface area contributed by atoms with Crippen molar-refractivity contribution in [3.63, 3.8) is 0 Å². The number of amides is 3. The summed E-state index contributed by atoms with van der Waals surface area (Å²) >= 11 is 0. The molecule has 3 aromatic carbocycles. The van der Waals surface area contributed by atoms with E-state index < -0.39 is 34.5 Å². The van der Waals surface area contributed by atoms with E-state index in [4.69, 9.17) is 5.73 Å². The van der Waals surface area contributed by atoms with Gasteiger partial charge in [-0.25, -0.2) is 17.6 Å². The number of rotatable bonds is 15. The Bertz CT molecular complexity index is 1600. The van der Waals surface area contributed by atoms with Gasteiger partial charge in [0.1, 0.15) is 11.9 Å². The second-order valence-electron chi connectivity index (χ2n) is 12.4. The molecule has 0 aliphatic carbocycles. The Balaban J connectivity index is 1.37. The second kappa shape index (κ2) is 16.2. The van der Waals surface area contributed by atoms with Gasteiger partial charge in [0.15, 0.2) is 0 Å². The molecule has 250 valence electrons. The van der Waals surface area contributed by atoms with Gasteiger partial charge in [-0.3, -0.25) is 4.79 Å². The van der Waals surface area contributed by atoms with Gasteiger partial charge in [-0.1, -0.05) is 62.7 Å². The van der Waals surface area contributed by atoms with Gasteiger partial charge in [-0.2, -0.15) is 4.31 Å². The number of nitrogen functional groups attached to an aromatic ring is 1. The summed E-state index contributed by atoms with van der Waals surface area (Å²) in [6, 6.07) is 15.5. The zero-order valence-electron chi connectivity index (χ0n) is 26.6. The molecule has 1 aliphatic rings. The molecule has 10 nitrogen and oxygen atoms in total. The minimum absolute atomic E-state index is 0.0313. The maximum absolute atomic E-state index is 13.7. The van der Waals surface area contributed by atoms with Crippen LogP contribution < -0.4 is 16.4 Å². The minimum Gasteiger partial charge on any atom is -0.396 e. The van der Waals surface area contributed by atoms with Crippen LogP contribution in [0.25, 0.3) is 10.8 Å². The molecule has 4 rings (SSSR count). The smallest absolute Gasteiger partial charge is 0.318 e. The number of fused-ring (bicyclic) bond motifs is 1. The molecule has 0 aromatic heterocycles. The number of nitrogens with one attached hydrogen (secondary N) is 2. The number of aliphatic hydroxyl groups is 1. The van der Waals surface area contributed by atoms with E-state index in [1.165, 1.54) is 10.4 Å². The number of nitrogens with zero attached hydrogens (tertiary/aromatic N) is 2. The van der Waals surface area contributed by atoms with Crippen LogP contribution in [0.15, 0.2) is 65.6 Å². The molecule has 1 heterocycles. The van der Waals surface area contributed by atoms with Crippen molar-refractivity contribution < 1.29 is 27.5 Å². The van der Waals surface area contributed by atoms with E-state index in [1.807, 2.05) is 56.3 Å². The fraction of sp³-hybridized carbons (Fsp3) is 0.471. The van der Waals surface area contributed by atoms with E-state index in [1.54, 1.807) is 4.90 Å².